The highest BCUT2D eigenvalue weighted by Gasteiger charge is 2.46. The Morgan fingerprint density at radius 1 is 1.35 bits per heavy atom. The van der Waals surface area contributed by atoms with Crippen LogP contribution in [0.1, 0.15) is 19.3 Å². The van der Waals surface area contributed by atoms with Crippen molar-refractivity contribution >= 4 is 6.41 Å². The fourth-order valence-electron chi connectivity index (χ4n) is 4.05. The minimum absolute atomic E-state index is 0.0753. The van der Waals surface area contributed by atoms with Crippen molar-refractivity contribution in [3.8, 4) is 0 Å². The lowest BCUT2D eigenvalue weighted by Crippen LogP contribution is -2.37. The molecule has 23 heavy (non-hydrogen) atoms. The van der Waals surface area contributed by atoms with E-state index in [1.807, 2.05) is 6.08 Å². The molecule has 0 aromatic heterocycles. The number of allylic oxidation sites excluding steroid dienone is 2. The summed E-state index contributed by atoms with van der Waals surface area (Å²) in [6, 6.07) is 0. The van der Waals surface area contributed by atoms with Crippen molar-refractivity contribution in [1.29, 1.82) is 0 Å². The van der Waals surface area contributed by atoms with Crippen molar-refractivity contribution in [2.45, 2.75) is 31.5 Å². The van der Waals surface area contributed by atoms with Crippen LogP contribution < -0.4 is 10.6 Å². The van der Waals surface area contributed by atoms with E-state index >= 15 is 0 Å². The summed E-state index contributed by atoms with van der Waals surface area (Å²) in [5.74, 6) is 2.51. The quantitative estimate of drug-likeness (QED) is 0.713. The molecule has 2 aliphatic heterocycles. The van der Waals surface area contributed by atoms with Crippen molar-refractivity contribution in [3.05, 3.63) is 23.2 Å². The van der Waals surface area contributed by atoms with Crippen molar-refractivity contribution < 1.29 is 19.0 Å². The van der Waals surface area contributed by atoms with Gasteiger partial charge >= 0.3 is 0 Å². The zero-order chi connectivity index (χ0) is 16.2. The number of methoxy groups -OCH3 is 2. The number of hydrogen-bond donors (Lipinski definition) is 2. The number of ether oxygens (including phenoxy) is 3. The van der Waals surface area contributed by atoms with Gasteiger partial charge in [-0.15, -0.1) is 0 Å². The van der Waals surface area contributed by atoms with Crippen molar-refractivity contribution in [2.75, 3.05) is 33.9 Å². The van der Waals surface area contributed by atoms with Gasteiger partial charge in [-0.25, -0.2) is 0 Å². The Balaban J connectivity index is 1.84. The van der Waals surface area contributed by atoms with Gasteiger partial charge in [-0.3, -0.25) is 4.79 Å². The lowest BCUT2D eigenvalue weighted by atomic mass is 9.78. The van der Waals surface area contributed by atoms with Gasteiger partial charge in [0.15, 0.2) is 5.76 Å². The monoisotopic (exact) mass is 322 g/mol. The number of fused-ring (bicyclic) bond motifs is 1. The van der Waals surface area contributed by atoms with Gasteiger partial charge in [-0.05, 0) is 43.5 Å². The fourth-order valence-corrected chi connectivity index (χ4v) is 4.05. The Bertz CT molecular complexity index is 497. The number of amides is 1. The van der Waals surface area contributed by atoms with Gasteiger partial charge in [-0.1, -0.05) is 0 Å². The van der Waals surface area contributed by atoms with Crippen LogP contribution in [-0.4, -0.2) is 52.5 Å². The molecule has 2 fully saturated rings. The van der Waals surface area contributed by atoms with E-state index in [9.17, 15) is 4.79 Å². The predicted octanol–water partition coefficient (Wildman–Crippen LogP) is 0.950. The van der Waals surface area contributed by atoms with Crippen molar-refractivity contribution in [2.24, 2.45) is 11.8 Å². The fraction of sp³-hybridized carbons (Fsp3) is 0.706. The molecule has 0 saturated carbocycles. The third-order valence-electron chi connectivity index (χ3n) is 5.20. The third kappa shape index (κ3) is 3.23. The van der Waals surface area contributed by atoms with Gasteiger partial charge in [0.2, 0.25) is 6.41 Å². The summed E-state index contributed by atoms with van der Waals surface area (Å²) >= 11 is 0. The lowest BCUT2D eigenvalue weighted by molar-refractivity contribution is -0.110. The third-order valence-corrected chi connectivity index (χ3v) is 5.20. The second-order valence-corrected chi connectivity index (χ2v) is 6.35. The number of hydrogen-bond acceptors (Lipinski definition) is 5. The summed E-state index contributed by atoms with van der Waals surface area (Å²) in [6.07, 6.45) is 5.95. The summed E-state index contributed by atoms with van der Waals surface area (Å²) in [6.45, 7) is 2.60. The highest BCUT2D eigenvalue weighted by Crippen LogP contribution is 2.45. The van der Waals surface area contributed by atoms with Crippen LogP contribution in [0.3, 0.4) is 0 Å². The first kappa shape index (κ1) is 16.3. The number of rotatable bonds is 6. The maximum atomic E-state index is 10.7. The van der Waals surface area contributed by atoms with Crippen LogP contribution in [0, 0.1) is 11.8 Å². The molecule has 3 unspecified atom stereocenters. The molecule has 2 heterocycles. The van der Waals surface area contributed by atoms with E-state index in [1.54, 1.807) is 14.2 Å². The highest BCUT2D eigenvalue weighted by molar-refractivity contribution is 5.46. The first-order chi connectivity index (χ1) is 11.3. The largest absolute Gasteiger partial charge is 0.497 e. The Hall–Kier alpha value is -1.53. The molecule has 0 aromatic carbocycles. The molecular formula is C17H26N2O4. The molecule has 2 N–H and O–H groups in total. The minimum atomic E-state index is -0.0753. The average Bonchev–Trinajstić information content (AvgIpc) is 2.97. The van der Waals surface area contributed by atoms with Gasteiger partial charge in [0, 0.05) is 18.9 Å². The molecule has 0 bridgehead atoms. The average molecular weight is 322 g/mol. The predicted molar refractivity (Wildman–Crippen MR) is 85.6 cm³/mol. The van der Waals surface area contributed by atoms with E-state index in [0.29, 0.717) is 18.4 Å². The standard InChI is InChI=1S/C17H26N2O4/c1-21-14-7-12-13(8-15(14)22-2)17(11-3-5-18-6-4-11)23-16(12)9-19-10-20/h7,10-11,13,16-18H,3-6,8-9H2,1-2H3,(H,19,20). The molecular weight excluding hydrogens is 296 g/mol. The normalized spacial score (nSPS) is 31.4. The molecule has 0 aromatic rings. The van der Waals surface area contributed by atoms with Crippen LogP contribution in [-0.2, 0) is 19.0 Å². The molecule has 3 atom stereocenters. The van der Waals surface area contributed by atoms with E-state index in [0.717, 1.165) is 50.3 Å². The number of carbonyl (C=O) groups excluding carboxylic acids is 1. The van der Waals surface area contributed by atoms with E-state index in [2.05, 4.69) is 10.6 Å². The molecule has 1 amide bonds. The number of piperidine rings is 1. The zero-order valence-corrected chi connectivity index (χ0v) is 13.8. The first-order valence-corrected chi connectivity index (χ1v) is 8.34. The Labute approximate surface area is 137 Å². The SMILES string of the molecule is COC1=C(OC)CC2C(=C1)C(CNC=O)OC2C1CCNCC1. The van der Waals surface area contributed by atoms with E-state index < -0.39 is 0 Å². The van der Waals surface area contributed by atoms with Gasteiger partial charge in [0.05, 0.1) is 26.4 Å². The maximum absolute atomic E-state index is 10.7. The smallest absolute Gasteiger partial charge is 0.207 e. The summed E-state index contributed by atoms with van der Waals surface area (Å²) in [5.41, 5.74) is 1.22. The van der Waals surface area contributed by atoms with Gasteiger partial charge in [0.1, 0.15) is 5.76 Å². The topological polar surface area (TPSA) is 68.8 Å². The van der Waals surface area contributed by atoms with Crippen molar-refractivity contribution in [1.82, 2.24) is 10.6 Å². The second kappa shape index (κ2) is 7.36. The minimum Gasteiger partial charge on any atom is -0.497 e. The van der Waals surface area contributed by atoms with Crippen LogP contribution >= 0.6 is 0 Å². The molecule has 128 valence electrons. The zero-order valence-electron chi connectivity index (χ0n) is 13.8. The first-order valence-electron chi connectivity index (χ1n) is 8.34. The summed E-state index contributed by atoms with van der Waals surface area (Å²) in [5, 5.41) is 6.17. The molecule has 3 aliphatic rings. The van der Waals surface area contributed by atoms with Crippen LogP contribution in [0.4, 0.5) is 0 Å². The molecule has 6 nitrogen and oxygen atoms in total. The maximum Gasteiger partial charge on any atom is 0.207 e. The van der Waals surface area contributed by atoms with E-state index in [-0.39, 0.29) is 12.2 Å². The summed E-state index contributed by atoms with van der Waals surface area (Å²) in [7, 11) is 3.35. The van der Waals surface area contributed by atoms with Gasteiger partial charge in [0.25, 0.3) is 0 Å². The van der Waals surface area contributed by atoms with Crippen LogP contribution in [0.5, 0.6) is 0 Å². The van der Waals surface area contributed by atoms with E-state index in [1.165, 1.54) is 5.57 Å². The Morgan fingerprint density at radius 3 is 2.78 bits per heavy atom. The van der Waals surface area contributed by atoms with Crippen LogP contribution in [0.2, 0.25) is 0 Å². The van der Waals surface area contributed by atoms with Crippen LogP contribution in [0.15, 0.2) is 23.2 Å². The second-order valence-electron chi connectivity index (χ2n) is 6.35. The molecule has 6 heteroatoms. The molecule has 3 rings (SSSR count). The molecule has 2 saturated heterocycles. The van der Waals surface area contributed by atoms with Crippen molar-refractivity contribution in [3.63, 3.8) is 0 Å². The summed E-state index contributed by atoms with van der Waals surface area (Å²) < 4.78 is 17.4. The lowest BCUT2D eigenvalue weighted by Gasteiger charge is -2.32. The molecule has 1 aliphatic carbocycles. The number of carbonyl (C=O) groups is 1. The Morgan fingerprint density at radius 2 is 2.13 bits per heavy atom. The van der Waals surface area contributed by atoms with Crippen LogP contribution in [0.25, 0.3) is 0 Å². The highest BCUT2D eigenvalue weighted by atomic mass is 16.5. The molecule has 0 spiro atoms. The number of nitrogens with one attached hydrogen (secondary N) is 2. The Kier molecular flexibility index (Phi) is 5.23. The van der Waals surface area contributed by atoms with E-state index in [4.69, 9.17) is 14.2 Å². The van der Waals surface area contributed by atoms with Gasteiger partial charge < -0.3 is 24.8 Å². The molecule has 0 radical (unpaired) electrons. The summed E-state index contributed by atoms with van der Waals surface area (Å²) in [4.78, 5) is 10.7. The van der Waals surface area contributed by atoms with Gasteiger partial charge in [-0.2, -0.15) is 0 Å².